The molecule has 0 N–H and O–H groups in total. The number of rotatable bonds is 11. The van der Waals surface area contributed by atoms with E-state index in [9.17, 15) is 8.42 Å². The van der Waals surface area contributed by atoms with E-state index in [1.807, 2.05) is 6.07 Å². The van der Waals surface area contributed by atoms with Gasteiger partial charge in [-0.15, -0.1) is 0 Å². The summed E-state index contributed by atoms with van der Waals surface area (Å²) in [7, 11) is -3.24. The van der Waals surface area contributed by atoms with Crippen molar-refractivity contribution >= 4 is 9.84 Å². The lowest BCUT2D eigenvalue weighted by Gasteiger charge is -2.17. The third kappa shape index (κ3) is 8.23. The summed E-state index contributed by atoms with van der Waals surface area (Å²) in [5.74, 6) is 1.49. The van der Waals surface area contributed by atoms with Crippen LogP contribution in [-0.4, -0.2) is 34.0 Å². The van der Waals surface area contributed by atoms with Crippen molar-refractivity contribution in [2.24, 2.45) is 11.3 Å². The van der Waals surface area contributed by atoms with Gasteiger partial charge in [0.15, 0.2) is 9.84 Å². The fourth-order valence-electron chi connectivity index (χ4n) is 2.43. The molecule has 5 heteroatoms. The summed E-state index contributed by atoms with van der Waals surface area (Å²) in [4.78, 5) is 0.366. The van der Waals surface area contributed by atoms with Crippen LogP contribution < -0.4 is 4.74 Å². The van der Waals surface area contributed by atoms with Gasteiger partial charge in [-0.3, -0.25) is 0 Å². The molecule has 1 aliphatic carbocycles. The van der Waals surface area contributed by atoms with Gasteiger partial charge >= 0.3 is 0 Å². The molecule has 1 aromatic rings. The van der Waals surface area contributed by atoms with Crippen LogP contribution in [0.25, 0.3) is 0 Å². The number of benzene rings is 1. The smallest absolute Gasteiger partial charge is 0.178 e. The third-order valence-corrected chi connectivity index (χ3v) is 5.88. The van der Waals surface area contributed by atoms with E-state index in [-0.39, 0.29) is 11.2 Å². The highest BCUT2D eigenvalue weighted by molar-refractivity contribution is 7.91. The summed E-state index contributed by atoms with van der Waals surface area (Å²) in [6.45, 7) is 8.55. The maximum Gasteiger partial charge on any atom is 0.178 e. The largest absolute Gasteiger partial charge is 0.493 e. The zero-order chi connectivity index (χ0) is 18.3. The molecule has 4 nitrogen and oxygen atoms in total. The first-order valence-electron chi connectivity index (χ1n) is 9.30. The van der Waals surface area contributed by atoms with Crippen molar-refractivity contribution in [3.63, 3.8) is 0 Å². The van der Waals surface area contributed by atoms with Crippen LogP contribution in [0, 0.1) is 11.3 Å². The quantitative estimate of drug-likeness (QED) is 0.540. The van der Waals surface area contributed by atoms with Crippen LogP contribution in [0.1, 0.15) is 52.9 Å². The average Bonchev–Trinajstić information content (AvgIpc) is 3.35. The second-order valence-corrected chi connectivity index (χ2v) is 10.3. The Hall–Kier alpha value is -1.07. The first-order chi connectivity index (χ1) is 11.8. The van der Waals surface area contributed by atoms with Crippen molar-refractivity contribution in [1.82, 2.24) is 0 Å². The summed E-state index contributed by atoms with van der Waals surface area (Å²) in [6.07, 6.45) is 4.86. The number of hydrogen-bond acceptors (Lipinski definition) is 4. The molecular weight excluding hydrogens is 336 g/mol. The Balaban J connectivity index is 1.70. The molecule has 0 aromatic heterocycles. The molecule has 0 amide bonds. The Morgan fingerprint density at radius 3 is 2.56 bits per heavy atom. The molecule has 1 saturated carbocycles. The first-order valence-corrected chi connectivity index (χ1v) is 10.9. The topological polar surface area (TPSA) is 52.6 Å². The zero-order valence-electron chi connectivity index (χ0n) is 15.8. The van der Waals surface area contributed by atoms with E-state index in [0.29, 0.717) is 36.2 Å². The van der Waals surface area contributed by atoms with E-state index >= 15 is 0 Å². The van der Waals surface area contributed by atoms with Gasteiger partial charge in [0.25, 0.3) is 0 Å². The van der Waals surface area contributed by atoms with Crippen LogP contribution in [0.5, 0.6) is 5.75 Å². The minimum absolute atomic E-state index is 0.177. The van der Waals surface area contributed by atoms with E-state index in [2.05, 4.69) is 20.8 Å². The van der Waals surface area contributed by atoms with Gasteiger partial charge in [0, 0.05) is 6.61 Å². The Morgan fingerprint density at radius 2 is 1.88 bits per heavy atom. The van der Waals surface area contributed by atoms with Crippen molar-refractivity contribution in [3.05, 3.63) is 24.3 Å². The molecule has 1 aliphatic rings. The first kappa shape index (κ1) is 20.2. The predicted molar refractivity (Wildman–Crippen MR) is 101 cm³/mol. The van der Waals surface area contributed by atoms with Gasteiger partial charge in [-0.05, 0) is 55.2 Å². The predicted octanol–water partition coefficient (Wildman–Crippen LogP) is 4.48. The second-order valence-electron chi connectivity index (χ2n) is 8.22. The normalized spacial score (nSPS) is 15.3. The van der Waals surface area contributed by atoms with Gasteiger partial charge < -0.3 is 9.47 Å². The monoisotopic (exact) mass is 368 g/mol. The highest BCUT2D eigenvalue weighted by Gasteiger charge is 2.22. The molecule has 0 bridgehead atoms. The van der Waals surface area contributed by atoms with Gasteiger partial charge in [0.05, 0.1) is 23.9 Å². The van der Waals surface area contributed by atoms with E-state index < -0.39 is 9.84 Å². The van der Waals surface area contributed by atoms with Crippen LogP contribution in [0.15, 0.2) is 29.2 Å². The number of hydrogen-bond donors (Lipinski definition) is 0. The van der Waals surface area contributed by atoms with Gasteiger partial charge in [-0.25, -0.2) is 8.42 Å². The molecule has 25 heavy (non-hydrogen) atoms. The number of ether oxygens (including phenoxy) is 2. The summed E-state index contributed by atoms with van der Waals surface area (Å²) in [5, 5.41) is 0. The third-order valence-electron chi connectivity index (χ3n) is 4.08. The molecule has 0 spiro atoms. The molecule has 0 unspecified atom stereocenters. The second kappa shape index (κ2) is 9.04. The minimum atomic E-state index is -3.24. The van der Waals surface area contributed by atoms with E-state index in [1.54, 1.807) is 18.2 Å². The Morgan fingerprint density at radius 1 is 1.12 bits per heavy atom. The lowest BCUT2D eigenvalue weighted by Crippen LogP contribution is -2.15. The SMILES string of the molecule is CC(C)(C)COCCCCCS(=O)(=O)c1cccc(OCC2CC2)c1. The maximum absolute atomic E-state index is 12.5. The Bertz CT molecular complexity index is 627. The van der Waals surface area contributed by atoms with Gasteiger partial charge in [0.2, 0.25) is 0 Å². The van der Waals surface area contributed by atoms with Crippen LogP contribution in [0.3, 0.4) is 0 Å². The molecule has 1 fully saturated rings. The van der Waals surface area contributed by atoms with Gasteiger partial charge in [-0.1, -0.05) is 33.3 Å². The summed E-state index contributed by atoms with van der Waals surface area (Å²) in [6, 6.07) is 6.90. The van der Waals surface area contributed by atoms with Gasteiger partial charge in [0.1, 0.15) is 5.75 Å². The molecule has 0 saturated heterocycles. The fraction of sp³-hybridized carbons (Fsp3) is 0.700. The van der Waals surface area contributed by atoms with Crippen molar-refractivity contribution < 1.29 is 17.9 Å². The number of unbranched alkanes of at least 4 members (excludes halogenated alkanes) is 2. The highest BCUT2D eigenvalue weighted by atomic mass is 32.2. The molecular formula is C20H32O4S. The van der Waals surface area contributed by atoms with Crippen LogP contribution >= 0.6 is 0 Å². The maximum atomic E-state index is 12.5. The lowest BCUT2D eigenvalue weighted by molar-refractivity contribution is 0.0688. The van der Waals surface area contributed by atoms with Crippen molar-refractivity contribution in [3.8, 4) is 5.75 Å². The van der Waals surface area contributed by atoms with E-state index in [0.717, 1.165) is 19.4 Å². The molecule has 0 aliphatic heterocycles. The zero-order valence-corrected chi connectivity index (χ0v) is 16.6. The standard InChI is InChI=1S/C20H32O4S/c1-20(2,3)16-23-12-5-4-6-13-25(21,22)19-9-7-8-18(14-19)24-15-17-10-11-17/h7-9,14,17H,4-6,10-13,15-16H2,1-3H3. The molecule has 0 radical (unpaired) electrons. The molecule has 0 atom stereocenters. The molecule has 0 heterocycles. The molecule has 2 rings (SSSR count). The van der Waals surface area contributed by atoms with Crippen LogP contribution in [0.4, 0.5) is 0 Å². The van der Waals surface area contributed by atoms with E-state index in [1.165, 1.54) is 12.8 Å². The summed E-state index contributed by atoms with van der Waals surface area (Å²) in [5.41, 5.74) is 0.177. The van der Waals surface area contributed by atoms with Crippen molar-refractivity contribution in [2.45, 2.75) is 57.8 Å². The lowest BCUT2D eigenvalue weighted by atomic mass is 9.99. The summed E-state index contributed by atoms with van der Waals surface area (Å²) >= 11 is 0. The van der Waals surface area contributed by atoms with E-state index in [4.69, 9.17) is 9.47 Å². The Kier molecular flexibility index (Phi) is 7.32. The fourth-order valence-corrected chi connectivity index (χ4v) is 3.83. The van der Waals surface area contributed by atoms with Crippen LogP contribution in [0.2, 0.25) is 0 Å². The summed E-state index contributed by atoms with van der Waals surface area (Å²) < 4.78 is 36.2. The highest BCUT2D eigenvalue weighted by Crippen LogP contribution is 2.30. The van der Waals surface area contributed by atoms with Crippen LogP contribution in [-0.2, 0) is 14.6 Å². The van der Waals surface area contributed by atoms with Crippen molar-refractivity contribution in [1.29, 1.82) is 0 Å². The minimum Gasteiger partial charge on any atom is -0.493 e. The average molecular weight is 369 g/mol. The van der Waals surface area contributed by atoms with Gasteiger partial charge in [-0.2, -0.15) is 0 Å². The number of sulfone groups is 1. The molecule has 1 aromatic carbocycles. The Labute approximate surface area is 152 Å². The molecule has 142 valence electrons. The van der Waals surface area contributed by atoms with Crippen molar-refractivity contribution in [2.75, 3.05) is 25.6 Å².